The second kappa shape index (κ2) is 17.6. The maximum absolute atomic E-state index is 14.6. The van der Waals surface area contributed by atoms with Gasteiger partial charge in [0.15, 0.2) is 36.8 Å². The van der Waals surface area contributed by atoms with Crippen molar-refractivity contribution in [3.05, 3.63) is 54.6 Å². The monoisotopic (exact) mass is 772 g/mol. The first kappa shape index (κ1) is 44.3. The molecule has 2 aliphatic carbocycles. The molecule has 1 unspecified atom stereocenters. The van der Waals surface area contributed by atoms with Crippen LogP contribution >= 0.6 is 0 Å². The van der Waals surface area contributed by atoms with Crippen LogP contribution in [0.1, 0.15) is 75.7 Å². The number of aliphatic hydroxyl groups is 1. The summed E-state index contributed by atoms with van der Waals surface area (Å²) in [5.74, 6) is -9.66. The molecule has 1 N–H and O–H groups in total. The molecule has 1 saturated carbocycles. The zero-order chi connectivity index (χ0) is 41.6. The minimum absolute atomic E-state index is 0.315. The summed E-state index contributed by atoms with van der Waals surface area (Å²) in [6, 6.07) is 8.27. The van der Waals surface area contributed by atoms with Crippen molar-refractivity contribution in [1.29, 1.82) is 0 Å². The number of ether oxygens (including phenoxy) is 7. The average Bonchev–Trinajstić information content (AvgIpc) is 3.29. The number of allylic oxidation sites excluding steroid dienone is 1. The molecule has 3 rings (SSSR count). The number of fused-ring (bicyclic) bond motifs is 1. The molecule has 1 aromatic carbocycles. The Hall–Kier alpha value is -5.05. The van der Waals surface area contributed by atoms with Crippen LogP contribution in [-0.2, 0) is 62.0 Å². The molecule has 0 heterocycles. The fraction of sp³-hybridized carbons (Fsp3) is 0.575. The van der Waals surface area contributed by atoms with E-state index < -0.39 is 120 Å². The minimum Gasteiger partial charge on any atom is -0.482 e. The van der Waals surface area contributed by atoms with Crippen molar-refractivity contribution in [2.75, 3.05) is 6.61 Å². The van der Waals surface area contributed by atoms with Crippen molar-refractivity contribution in [1.82, 2.24) is 0 Å². The van der Waals surface area contributed by atoms with Gasteiger partial charge in [-0.2, -0.15) is 0 Å². The highest BCUT2D eigenvalue weighted by atomic mass is 16.6. The van der Waals surface area contributed by atoms with E-state index in [9.17, 15) is 38.7 Å². The summed E-state index contributed by atoms with van der Waals surface area (Å²) in [6.45, 7) is 16.8. The van der Waals surface area contributed by atoms with Crippen LogP contribution < -0.4 is 4.74 Å². The standard InChI is InChI=1S/C40H52O15/c1-21(2)37(47)54-32-23(4)31(50-24(5)41)30-35(53-29(45)19-49-28-15-13-12-14-16-28)39(11,55-27(8)44)20-40(30,48)34(46)22(3)17-18-38(9,10)36(52-26(7)43)33(32)51-25(6)42/h12-18,21-22,30-33,35-36,48H,4,19-20H2,1-3,5-11H3/t22-,30-,31-,32-,33+,35?,36+,39+,40+/m0/s1. The molecule has 0 spiro atoms. The molecule has 15 heteroatoms. The Morgan fingerprint density at radius 3 is 1.93 bits per heavy atom. The van der Waals surface area contributed by atoms with Gasteiger partial charge in [-0.05, 0) is 19.1 Å². The number of para-hydroxylation sites is 1. The number of hydrogen-bond donors (Lipinski definition) is 1. The third-order valence-corrected chi connectivity index (χ3v) is 9.48. The van der Waals surface area contributed by atoms with Crippen LogP contribution in [0.15, 0.2) is 54.6 Å². The van der Waals surface area contributed by atoms with Gasteiger partial charge >= 0.3 is 35.8 Å². The van der Waals surface area contributed by atoms with Crippen molar-refractivity contribution in [3.8, 4) is 5.75 Å². The van der Waals surface area contributed by atoms with E-state index in [-0.39, 0.29) is 5.57 Å². The van der Waals surface area contributed by atoms with Gasteiger partial charge in [-0.3, -0.25) is 28.8 Å². The van der Waals surface area contributed by atoms with Crippen molar-refractivity contribution in [3.63, 3.8) is 0 Å². The van der Waals surface area contributed by atoms with Crippen molar-refractivity contribution in [2.24, 2.45) is 23.2 Å². The number of benzene rings is 1. The summed E-state index contributed by atoms with van der Waals surface area (Å²) < 4.78 is 40.6. The normalized spacial score (nSPS) is 30.4. The Morgan fingerprint density at radius 1 is 0.818 bits per heavy atom. The molecule has 1 fully saturated rings. The van der Waals surface area contributed by atoms with Crippen molar-refractivity contribution < 1.29 is 71.8 Å². The molecule has 2 aliphatic rings. The van der Waals surface area contributed by atoms with Crippen LogP contribution in [0.3, 0.4) is 0 Å². The van der Waals surface area contributed by atoms with E-state index in [4.69, 9.17) is 33.2 Å². The SMILES string of the molecule is C=C1[C@H](OC(=O)C(C)C)[C@@H](OC(C)=O)[C@@H](OC(C)=O)C(C)(C)C=C[C@H](C)C(=O)[C@@]2(O)C[C@@](C)(OC(C)=O)C(OC(=O)COc3ccccc3)[C@@H]2[C@H]1OC(C)=O. The van der Waals surface area contributed by atoms with E-state index in [0.717, 1.165) is 27.7 Å². The zero-order valence-corrected chi connectivity index (χ0v) is 32.9. The predicted molar refractivity (Wildman–Crippen MR) is 193 cm³/mol. The molecule has 55 heavy (non-hydrogen) atoms. The first-order valence-corrected chi connectivity index (χ1v) is 17.9. The number of carbonyl (C=O) groups excluding carboxylic acids is 7. The van der Waals surface area contributed by atoms with Crippen molar-refractivity contribution in [2.45, 2.75) is 117 Å². The summed E-state index contributed by atoms with van der Waals surface area (Å²) in [7, 11) is 0. The lowest BCUT2D eigenvalue weighted by Crippen LogP contribution is -2.58. The van der Waals surface area contributed by atoms with E-state index >= 15 is 0 Å². The lowest BCUT2D eigenvalue weighted by atomic mass is 9.72. The summed E-state index contributed by atoms with van der Waals surface area (Å²) in [5.41, 5.74) is -6.19. The average molecular weight is 773 g/mol. The highest BCUT2D eigenvalue weighted by molar-refractivity contribution is 5.92. The van der Waals surface area contributed by atoms with Gasteiger partial charge in [0.1, 0.15) is 23.1 Å². The van der Waals surface area contributed by atoms with Crippen LogP contribution in [0.2, 0.25) is 0 Å². The lowest BCUT2D eigenvalue weighted by Gasteiger charge is -2.44. The molecule has 302 valence electrons. The highest BCUT2D eigenvalue weighted by Gasteiger charge is 2.69. The summed E-state index contributed by atoms with van der Waals surface area (Å²) >= 11 is 0. The molecule has 0 radical (unpaired) electrons. The van der Waals surface area contributed by atoms with E-state index in [1.807, 2.05) is 0 Å². The Kier molecular flexibility index (Phi) is 14.2. The maximum atomic E-state index is 14.6. The van der Waals surface area contributed by atoms with Gasteiger partial charge in [0.25, 0.3) is 0 Å². The molecule has 0 amide bonds. The smallest absolute Gasteiger partial charge is 0.344 e. The molecule has 0 bridgehead atoms. The predicted octanol–water partition coefficient (Wildman–Crippen LogP) is 3.77. The zero-order valence-electron chi connectivity index (χ0n) is 32.9. The van der Waals surface area contributed by atoms with E-state index in [2.05, 4.69) is 6.58 Å². The molecular weight excluding hydrogens is 720 g/mol. The summed E-state index contributed by atoms with van der Waals surface area (Å²) in [6.07, 6.45) is -6.25. The Morgan fingerprint density at radius 2 is 1.40 bits per heavy atom. The van der Waals surface area contributed by atoms with Gasteiger partial charge in [0.2, 0.25) is 0 Å². The van der Waals surface area contributed by atoms with Gasteiger partial charge in [0, 0.05) is 51.0 Å². The van der Waals surface area contributed by atoms with Crippen LogP contribution in [-0.4, -0.2) is 95.0 Å². The molecule has 15 nitrogen and oxygen atoms in total. The van der Waals surface area contributed by atoms with Gasteiger partial charge < -0.3 is 38.3 Å². The van der Waals surface area contributed by atoms with Gasteiger partial charge in [-0.1, -0.05) is 71.5 Å². The summed E-state index contributed by atoms with van der Waals surface area (Å²) in [5, 5.41) is 12.8. The number of ketones is 1. The van der Waals surface area contributed by atoms with Crippen LogP contribution in [0.4, 0.5) is 0 Å². The fourth-order valence-corrected chi connectivity index (χ4v) is 7.10. The topological polar surface area (TPSA) is 204 Å². The van der Waals surface area contributed by atoms with E-state index in [1.165, 1.54) is 39.8 Å². The molecule has 0 saturated heterocycles. The number of Topliss-reactive ketones (excluding diaryl/α,β-unsaturated/α-hetero) is 1. The number of carbonyl (C=O) groups is 7. The van der Waals surface area contributed by atoms with Gasteiger partial charge in [0.05, 0.1) is 11.8 Å². The third kappa shape index (κ3) is 10.6. The van der Waals surface area contributed by atoms with Crippen LogP contribution in [0.5, 0.6) is 5.75 Å². The number of rotatable bonds is 10. The number of esters is 6. The number of hydrogen-bond acceptors (Lipinski definition) is 15. The first-order valence-electron chi connectivity index (χ1n) is 17.9. The highest BCUT2D eigenvalue weighted by Crippen LogP contribution is 2.52. The quantitative estimate of drug-likeness (QED) is 0.204. The van der Waals surface area contributed by atoms with Crippen LogP contribution in [0.25, 0.3) is 0 Å². The maximum Gasteiger partial charge on any atom is 0.344 e. The van der Waals surface area contributed by atoms with Crippen molar-refractivity contribution >= 4 is 41.6 Å². The Balaban J connectivity index is 2.43. The van der Waals surface area contributed by atoms with Crippen LogP contribution in [0, 0.1) is 23.2 Å². The fourth-order valence-electron chi connectivity index (χ4n) is 7.10. The minimum atomic E-state index is -2.61. The molecular formula is C40H52O15. The van der Waals surface area contributed by atoms with Gasteiger partial charge in [-0.25, -0.2) is 4.79 Å². The van der Waals surface area contributed by atoms with Gasteiger partial charge in [-0.15, -0.1) is 0 Å². The Bertz CT molecular complexity index is 1680. The molecule has 9 atom stereocenters. The molecule has 1 aromatic rings. The largest absolute Gasteiger partial charge is 0.482 e. The molecule has 0 aromatic heterocycles. The third-order valence-electron chi connectivity index (χ3n) is 9.48. The summed E-state index contributed by atoms with van der Waals surface area (Å²) in [4.78, 5) is 92.6. The second-order valence-corrected chi connectivity index (χ2v) is 15.1. The Labute approximate surface area is 320 Å². The van der Waals surface area contributed by atoms with E-state index in [0.29, 0.717) is 5.75 Å². The van der Waals surface area contributed by atoms with E-state index in [1.54, 1.807) is 44.2 Å². The second-order valence-electron chi connectivity index (χ2n) is 15.1. The lowest BCUT2D eigenvalue weighted by molar-refractivity contribution is -0.195. The first-order chi connectivity index (χ1) is 25.4. The molecule has 0 aliphatic heterocycles.